The van der Waals surface area contributed by atoms with Crippen molar-refractivity contribution in [3.63, 3.8) is 0 Å². The quantitative estimate of drug-likeness (QED) is 0.497. The number of halogens is 1. The predicted octanol–water partition coefficient (Wildman–Crippen LogP) is 4.11. The van der Waals surface area contributed by atoms with Crippen molar-refractivity contribution in [1.82, 2.24) is 19.4 Å². The summed E-state index contributed by atoms with van der Waals surface area (Å²) in [5, 5.41) is 17.3. The molecule has 1 saturated carbocycles. The number of aryl methyl sites for hydroxylation is 1. The molecule has 0 spiro atoms. The van der Waals surface area contributed by atoms with E-state index in [2.05, 4.69) is 31.0 Å². The lowest BCUT2D eigenvalue weighted by Gasteiger charge is -2.21. The van der Waals surface area contributed by atoms with E-state index in [-0.39, 0.29) is 35.8 Å². The lowest BCUT2D eigenvalue weighted by Crippen LogP contribution is -2.26. The summed E-state index contributed by atoms with van der Waals surface area (Å²) in [6.45, 7) is 11.2. The molecule has 8 nitrogen and oxygen atoms in total. The van der Waals surface area contributed by atoms with Gasteiger partial charge in [0.25, 0.3) is 0 Å². The second-order valence-corrected chi connectivity index (χ2v) is 9.49. The van der Waals surface area contributed by atoms with E-state index in [4.69, 9.17) is 14.9 Å². The largest absolute Gasteiger partial charge is 0.493 e. The van der Waals surface area contributed by atoms with Crippen LogP contribution in [0.4, 0.5) is 0 Å². The van der Waals surface area contributed by atoms with Gasteiger partial charge in [-0.2, -0.15) is 4.52 Å². The van der Waals surface area contributed by atoms with Gasteiger partial charge in [-0.15, -0.1) is 22.6 Å². The third kappa shape index (κ3) is 5.55. The summed E-state index contributed by atoms with van der Waals surface area (Å²) in [5.41, 5.74) is 2.86. The number of hydrogen-bond donors (Lipinski definition) is 1. The number of fused-ring (bicyclic) bond motifs is 1. The Labute approximate surface area is 199 Å². The van der Waals surface area contributed by atoms with E-state index >= 15 is 0 Å². The monoisotopic (exact) mass is 473 g/mol. The van der Waals surface area contributed by atoms with Crippen molar-refractivity contribution >= 4 is 23.8 Å². The maximum absolute atomic E-state index is 13.2. The Morgan fingerprint density at radius 1 is 1.15 bits per heavy atom. The number of nitrogens with zero attached hydrogens (tertiary/aromatic N) is 4. The van der Waals surface area contributed by atoms with Gasteiger partial charge in [0, 0.05) is 17.2 Å². The first-order valence-corrected chi connectivity index (χ1v) is 11.1. The second kappa shape index (κ2) is 9.55. The Morgan fingerprint density at radius 2 is 1.88 bits per heavy atom. The maximum atomic E-state index is 13.2. The van der Waals surface area contributed by atoms with Crippen LogP contribution in [0.15, 0.2) is 24.3 Å². The van der Waals surface area contributed by atoms with Gasteiger partial charge in [-0.05, 0) is 61.8 Å². The standard InChI is InChI=1S/C24H31N5O3.ClH/c1-6-31-21-9-15(2)22-27-28(23(25)29(22)26-21)13-20(30)17-10-18(24(3,4)5)12-19(11-17)32-14-16-7-8-16;/h9-12,16,25H,6-8,13-14H2,1-5H3;1H. The Balaban J connectivity index is 0.00000306. The molecule has 0 unspecified atom stereocenters. The fourth-order valence-electron chi connectivity index (χ4n) is 3.46. The SMILES string of the molecule is CCOc1cc(C)c2nn(CC(=O)c3cc(OCC4CC4)cc(C(C)(C)C)c3)c(=N)n2n1.Cl. The topological polar surface area (TPSA) is 94.5 Å². The Bertz CT molecular complexity index is 1220. The molecule has 0 amide bonds. The zero-order chi connectivity index (χ0) is 23.0. The first kappa shape index (κ1) is 24.8. The highest BCUT2D eigenvalue weighted by Crippen LogP contribution is 2.32. The van der Waals surface area contributed by atoms with E-state index in [0.717, 1.165) is 16.9 Å². The molecule has 0 radical (unpaired) electrons. The van der Waals surface area contributed by atoms with Crippen molar-refractivity contribution in [1.29, 1.82) is 5.41 Å². The van der Waals surface area contributed by atoms with Gasteiger partial charge in [0.05, 0.1) is 13.2 Å². The highest BCUT2D eigenvalue weighted by molar-refractivity contribution is 5.96. The molecule has 0 aliphatic heterocycles. The molecule has 1 fully saturated rings. The zero-order valence-corrected chi connectivity index (χ0v) is 20.7. The predicted molar refractivity (Wildman–Crippen MR) is 128 cm³/mol. The van der Waals surface area contributed by atoms with Crippen LogP contribution >= 0.6 is 12.4 Å². The van der Waals surface area contributed by atoms with E-state index in [1.54, 1.807) is 12.1 Å². The third-order valence-electron chi connectivity index (χ3n) is 5.62. The highest BCUT2D eigenvalue weighted by atomic mass is 35.5. The number of ketones is 1. The normalized spacial score (nSPS) is 13.6. The molecule has 1 N–H and O–H groups in total. The molecule has 9 heteroatoms. The summed E-state index contributed by atoms with van der Waals surface area (Å²) in [6.07, 6.45) is 2.42. The Hall–Kier alpha value is -2.87. The fraction of sp³-hybridized carbons (Fsp3) is 0.500. The summed E-state index contributed by atoms with van der Waals surface area (Å²) in [4.78, 5) is 13.2. The summed E-state index contributed by atoms with van der Waals surface area (Å²) in [6, 6.07) is 7.53. The number of ether oxygens (including phenoxy) is 2. The minimum absolute atomic E-state index is 0. The lowest BCUT2D eigenvalue weighted by molar-refractivity contribution is 0.0965. The van der Waals surface area contributed by atoms with E-state index < -0.39 is 0 Å². The van der Waals surface area contributed by atoms with Crippen LogP contribution in [-0.4, -0.2) is 38.4 Å². The van der Waals surface area contributed by atoms with Gasteiger partial charge in [0.1, 0.15) is 12.3 Å². The van der Waals surface area contributed by atoms with E-state index in [0.29, 0.717) is 36.2 Å². The molecule has 1 aliphatic carbocycles. The second-order valence-electron chi connectivity index (χ2n) is 9.49. The van der Waals surface area contributed by atoms with Crippen molar-refractivity contribution < 1.29 is 14.3 Å². The lowest BCUT2D eigenvalue weighted by atomic mass is 9.85. The number of carbonyl (C=O) groups excluding carboxylic acids is 1. The van der Waals surface area contributed by atoms with Gasteiger partial charge in [0.2, 0.25) is 11.5 Å². The highest BCUT2D eigenvalue weighted by Gasteiger charge is 2.23. The summed E-state index contributed by atoms with van der Waals surface area (Å²) in [7, 11) is 0. The molecule has 33 heavy (non-hydrogen) atoms. The van der Waals surface area contributed by atoms with Crippen LogP contribution in [0.2, 0.25) is 0 Å². The van der Waals surface area contributed by atoms with Crippen LogP contribution in [0.5, 0.6) is 11.6 Å². The smallest absolute Gasteiger partial charge is 0.242 e. The van der Waals surface area contributed by atoms with E-state index in [1.165, 1.54) is 22.0 Å². The van der Waals surface area contributed by atoms with Crippen LogP contribution < -0.4 is 15.1 Å². The van der Waals surface area contributed by atoms with E-state index in [1.807, 2.05) is 26.0 Å². The number of carbonyl (C=O) groups is 1. The molecule has 2 aromatic heterocycles. The molecule has 0 atom stereocenters. The van der Waals surface area contributed by atoms with E-state index in [9.17, 15) is 4.79 Å². The van der Waals surface area contributed by atoms with Crippen LogP contribution in [-0.2, 0) is 12.0 Å². The summed E-state index contributed by atoms with van der Waals surface area (Å²) >= 11 is 0. The molecule has 1 aromatic carbocycles. The minimum atomic E-state index is -0.128. The molecule has 178 valence electrons. The molecule has 1 aliphatic rings. The van der Waals surface area contributed by atoms with Crippen LogP contribution in [0.25, 0.3) is 5.65 Å². The average Bonchev–Trinajstić information content (AvgIpc) is 3.51. The van der Waals surface area contributed by atoms with Crippen LogP contribution in [0, 0.1) is 18.3 Å². The van der Waals surface area contributed by atoms with Crippen LogP contribution in [0.1, 0.15) is 62.0 Å². The maximum Gasteiger partial charge on any atom is 0.242 e. The first-order valence-electron chi connectivity index (χ1n) is 11.1. The number of rotatable bonds is 8. The number of aromatic nitrogens is 4. The van der Waals surface area contributed by atoms with Gasteiger partial charge in [-0.25, -0.2) is 4.68 Å². The molecule has 3 aromatic rings. The number of nitrogens with one attached hydrogen (secondary N) is 1. The van der Waals surface area contributed by atoms with Crippen molar-refractivity contribution in [3.05, 3.63) is 46.6 Å². The Morgan fingerprint density at radius 3 is 2.52 bits per heavy atom. The minimum Gasteiger partial charge on any atom is -0.493 e. The zero-order valence-electron chi connectivity index (χ0n) is 19.8. The number of Topliss-reactive ketones (excluding diaryl/α,β-unsaturated/α-hetero) is 1. The summed E-state index contributed by atoms with van der Waals surface area (Å²) < 4.78 is 14.3. The number of hydrogen-bond acceptors (Lipinski definition) is 6. The van der Waals surface area contributed by atoms with Crippen molar-refractivity contribution in [2.24, 2.45) is 5.92 Å². The van der Waals surface area contributed by atoms with Crippen molar-refractivity contribution in [2.75, 3.05) is 13.2 Å². The first-order chi connectivity index (χ1) is 15.2. The molecular weight excluding hydrogens is 442 g/mol. The molecule has 4 rings (SSSR count). The average molecular weight is 474 g/mol. The van der Waals surface area contributed by atoms with Crippen LogP contribution in [0.3, 0.4) is 0 Å². The van der Waals surface area contributed by atoms with Gasteiger partial charge in [-0.3, -0.25) is 10.2 Å². The molecular formula is C24H32ClN5O3. The third-order valence-corrected chi connectivity index (χ3v) is 5.62. The molecule has 0 saturated heterocycles. The fourth-order valence-corrected chi connectivity index (χ4v) is 3.46. The van der Waals surface area contributed by atoms with Gasteiger partial charge in [0.15, 0.2) is 11.4 Å². The van der Waals surface area contributed by atoms with Gasteiger partial charge >= 0.3 is 0 Å². The number of benzene rings is 1. The van der Waals surface area contributed by atoms with Crippen molar-refractivity contribution in [3.8, 4) is 11.6 Å². The van der Waals surface area contributed by atoms with Gasteiger partial charge in [-0.1, -0.05) is 20.8 Å². The molecule has 0 bridgehead atoms. The Kier molecular flexibility index (Phi) is 7.17. The molecule has 2 heterocycles. The summed E-state index contributed by atoms with van der Waals surface area (Å²) in [5.74, 6) is 1.65. The van der Waals surface area contributed by atoms with Gasteiger partial charge < -0.3 is 9.47 Å². The van der Waals surface area contributed by atoms with Crippen molar-refractivity contribution in [2.45, 2.75) is 59.4 Å².